The number of benzene rings is 1. The molecule has 1 atom stereocenters. The summed E-state index contributed by atoms with van der Waals surface area (Å²) in [4.78, 5) is 16.6. The first-order valence-corrected chi connectivity index (χ1v) is 9.97. The van der Waals surface area contributed by atoms with Gasteiger partial charge in [0.15, 0.2) is 0 Å². The number of furan rings is 1. The SMILES string of the molecule is CC(C)CN1C[C@H](OCc2cccc(F)c2)CN(Cc2ccc(CO)o2)CC1=O. The van der Waals surface area contributed by atoms with Crippen LogP contribution in [-0.2, 0) is 29.3 Å². The minimum atomic E-state index is -0.289. The van der Waals surface area contributed by atoms with Crippen molar-refractivity contribution in [2.45, 2.75) is 39.7 Å². The van der Waals surface area contributed by atoms with Crippen LogP contribution in [0.1, 0.15) is 30.9 Å². The summed E-state index contributed by atoms with van der Waals surface area (Å²) in [5.41, 5.74) is 0.765. The average Bonchev–Trinajstić information content (AvgIpc) is 3.06. The summed E-state index contributed by atoms with van der Waals surface area (Å²) >= 11 is 0. The van der Waals surface area contributed by atoms with Crippen molar-refractivity contribution in [3.05, 3.63) is 59.3 Å². The molecule has 1 fully saturated rings. The molecular weight excluding hydrogens is 375 g/mol. The Morgan fingerprint density at radius 3 is 2.72 bits per heavy atom. The highest BCUT2D eigenvalue weighted by Crippen LogP contribution is 2.17. The molecule has 1 aromatic heterocycles. The Hall–Kier alpha value is -2.22. The smallest absolute Gasteiger partial charge is 0.236 e. The van der Waals surface area contributed by atoms with E-state index in [0.717, 1.165) is 5.56 Å². The zero-order chi connectivity index (χ0) is 20.8. The van der Waals surface area contributed by atoms with Gasteiger partial charge in [0.1, 0.15) is 23.9 Å². The van der Waals surface area contributed by atoms with E-state index < -0.39 is 0 Å². The molecule has 1 N–H and O–H groups in total. The second kappa shape index (κ2) is 10.0. The van der Waals surface area contributed by atoms with Gasteiger partial charge in [-0.2, -0.15) is 0 Å². The first kappa shape index (κ1) is 21.5. The van der Waals surface area contributed by atoms with E-state index in [-0.39, 0.29) is 37.6 Å². The number of nitrogens with zero attached hydrogens (tertiary/aromatic N) is 2. The molecule has 0 bridgehead atoms. The fraction of sp³-hybridized carbons (Fsp3) is 0.500. The van der Waals surface area contributed by atoms with Gasteiger partial charge in [-0.15, -0.1) is 0 Å². The number of hydrogen-bond donors (Lipinski definition) is 1. The molecule has 1 aliphatic heterocycles. The topological polar surface area (TPSA) is 66.2 Å². The van der Waals surface area contributed by atoms with Crippen molar-refractivity contribution in [3.63, 3.8) is 0 Å². The second-order valence-corrected chi connectivity index (χ2v) is 7.95. The molecule has 7 heteroatoms. The number of carbonyl (C=O) groups is 1. The molecule has 1 amide bonds. The van der Waals surface area contributed by atoms with Crippen molar-refractivity contribution < 1.29 is 23.4 Å². The molecule has 1 saturated heterocycles. The van der Waals surface area contributed by atoms with Crippen LogP contribution in [0.25, 0.3) is 0 Å². The molecule has 29 heavy (non-hydrogen) atoms. The first-order chi connectivity index (χ1) is 13.9. The van der Waals surface area contributed by atoms with Gasteiger partial charge in [-0.25, -0.2) is 4.39 Å². The monoisotopic (exact) mass is 404 g/mol. The minimum Gasteiger partial charge on any atom is -0.462 e. The maximum absolute atomic E-state index is 13.4. The number of halogens is 1. The molecule has 0 aliphatic carbocycles. The Labute approximate surface area is 170 Å². The van der Waals surface area contributed by atoms with Crippen LogP contribution in [-0.4, -0.2) is 53.1 Å². The molecule has 3 rings (SSSR count). The highest BCUT2D eigenvalue weighted by Gasteiger charge is 2.29. The molecule has 0 saturated carbocycles. The van der Waals surface area contributed by atoms with Gasteiger partial charge in [0.2, 0.25) is 5.91 Å². The minimum absolute atomic E-state index is 0.0597. The van der Waals surface area contributed by atoms with Crippen LogP contribution in [0.2, 0.25) is 0 Å². The molecule has 6 nitrogen and oxygen atoms in total. The summed E-state index contributed by atoms with van der Waals surface area (Å²) in [6.45, 7) is 6.77. The van der Waals surface area contributed by atoms with Gasteiger partial charge in [-0.1, -0.05) is 26.0 Å². The maximum Gasteiger partial charge on any atom is 0.236 e. The molecule has 0 spiro atoms. The Kier molecular flexibility index (Phi) is 7.41. The fourth-order valence-electron chi connectivity index (χ4n) is 3.55. The molecule has 1 aromatic carbocycles. The predicted molar refractivity (Wildman–Crippen MR) is 106 cm³/mol. The van der Waals surface area contributed by atoms with Crippen molar-refractivity contribution in [1.82, 2.24) is 9.80 Å². The van der Waals surface area contributed by atoms with E-state index in [9.17, 15) is 14.3 Å². The fourth-order valence-corrected chi connectivity index (χ4v) is 3.55. The molecular formula is C22H29FN2O4. The number of ether oxygens (including phenoxy) is 1. The summed E-state index contributed by atoms with van der Waals surface area (Å²) in [6.07, 6.45) is -0.198. The number of aliphatic hydroxyl groups excluding tert-OH is 1. The zero-order valence-electron chi connectivity index (χ0n) is 17.0. The largest absolute Gasteiger partial charge is 0.462 e. The van der Waals surface area contributed by atoms with Crippen molar-refractivity contribution in [2.24, 2.45) is 5.92 Å². The molecule has 0 unspecified atom stereocenters. The van der Waals surface area contributed by atoms with Gasteiger partial charge in [0, 0.05) is 19.6 Å². The van der Waals surface area contributed by atoms with Gasteiger partial charge in [0.25, 0.3) is 0 Å². The zero-order valence-corrected chi connectivity index (χ0v) is 17.0. The second-order valence-electron chi connectivity index (χ2n) is 7.95. The number of aliphatic hydroxyl groups is 1. The Balaban J connectivity index is 1.69. The highest BCUT2D eigenvalue weighted by molar-refractivity contribution is 5.78. The maximum atomic E-state index is 13.4. The van der Waals surface area contributed by atoms with E-state index in [4.69, 9.17) is 9.15 Å². The summed E-state index contributed by atoms with van der Waals surface area (Å²) < 4.78 is 25.1. The Morgan fingerprint density at radius 2 is 2.03 bits per heavy atom. The molecule has 158 valence electrons. The summed E-state index contributed by atoms with van der Waals surface area (Å²) in [7, 11) is 0. The number of hydrogen-bond acceptors (Lipinski definition) is 5. The summed E-state index contributed by atoms with van der Waals surface area (Å²) in [5.74, 6) is 1.32. The van der Waals surface area contributed by atoms with Gasteiger partial charge in [-0.05, 0) is 35.7 Å². The third-order valence-electron chi connectivity index (χ3n) is 4.81. The van der Waals surface area contributed by atoms with Gasteiger partial charge >= 0.3 is 0 Å². The van der Waals surface area contributed by atoms with Gasteiger partial charge < -0.3 is 19.2 Å². The Bertz CT molecular complexity index is 808. The third kappa shape index (κ3) is 6.39. The van der Waals surface area contributed by atoms with Crippen LogP contribution < -0.4 is 0 Å². The lowest BCUT2D eigenvalue weighted by atomic mass is 10.2. The number of rotatable bonds is 8. The standard InChI is InChI=1S/C22H29FN2O4/c1-16(2)9-25-12-21(28-15-17-4-3-5-18(23)8-17)11-24(13-22(25)27)10-19-6-7-20(14-26)29-19/h3-8,16,21,26H,9-15H2,1-2H3/t21-/m1/s1. The molecule has 0 radical (unpaired) electrons. The molecule has 2 aromatic rings. The lowest BCUT2D eigenvalue weighted by Gasteiger charge is -2.26. The normalized spacial score (nSPS) is 18.4. The third-order valence-corrected chi connectivity index (χ3v) is 4.81. The average molecular weight is 404 g/mol. The van der Waals surface area contributed by atoms with E-state index in [1.165, 1.54) is 12.1 Å². The van der Waals surface area contributed by atoms with Crippen molar-refractivity contribution in [3.8, 4) is 0 Å². The quantitative estimate of drug-likeness (QED) is 0.733. The lowest BCUT2D eigenvalue weighted by molar-refractivity contribution is -0.132. The number of amides is 1. The molecule has 1 aliphatic rings. The van der Waals surface area contributed by atoms with E-state index in [0.29, 0.717) is 43.6 Å². The van der Waals surface area contributed by atoms with Crippen molar-refractivity contribution >= 4 is 5.91 Å². The van der Waals surface area contributed by atoms with Crippen LogP contribution in [0.5, 0.6) is 0 Å². The van der Waals surface area contributed by atoms with E-state index in [1.54, 1.807) is 12.1 Å². The van der Waals surface area contributed by atoms with E-state index in [2.05, 4.69) is 13.8 Å². The Morgan fingerprint density at radius 1 is 1.24 bits per heavy atom. The first-order valence-electron chi connectivity index (χ1n) is 9.97. The van der Waals surface area contributed by atoms with E-state index in [1.807, 2.05) is 21.9 Å². The van der Waals surface area contributed by atoms with Crippen LogP contribution in [0.15, 0.2) is 40.8 Å². The summed E-state index contributed by atoms with van der Waals surface area (Å²) in [5, 5.41) is 9.19. The van der Waals surface area contributed by atoms with E-state index >= 15 is 0 Å². The van der Waals surface area contributed by atoms with Crippen molar-refractivity contribution in [1.29, 1.82) is 0 Å². The predicted octanol–water partition coefficient (Wildman–Crippen LogP) is 2.80. The molecule has 2 heterocycles. The van der Waals surface area contributed by atoms with Crippen LogP contribution >= 0.6 is 0 Å². The van der Waals surface area contributed by atoms with Gasteiger partial charge in [-0.3, -0.25) is 9.69 Å². The lowest BCUT2D eigenvalue weighted by Crippen LogP contribution is -2.40. The van der Waals surface area contributed by atoms with Gasteiger partial charge in [0.05, 0.1) is 25.8 Å². The van der Waals surface area contributed by atoms with Crippen LogP contribution in [0.3, 0.4) is 0 Å². The van der Waals surface area contributed by atoms with Crippen molar-refractivity contribution in [2.75, 3.05) is 26.2 Å². The number of carbonyl (C=O) groups excluding carboxylic acids is 1. The van der Waals surface area contributed by atoms with Crippen LogP contribution in [0, 0.1) is 11.7 Å². The highest BCUT2D eigenvalue weighted by atomic mass is 19.1. The van der Waals surface area contributed by atoms with Crippen LogP contribution in [0.4, 0.5) is 4.39 Å². The summed E-state index contributed by atoms with van der Waals surface area (Å²) in [6, 6.07) is 9.91.